The summed E-state index contributed by atoms with van der Waals surface area (Å²) in [5.74, 6) is -1.36. The first-order chi connectivity index (χ1) is 9.61. The van der Waals surface area contributed by atoms with Crippen molar-refractivity contribution >= 4 is 12.1 Å². The van der Waals surface area contributed by atoms with Crippen LogP contribution in [-0.2, 0) is 9.53 Å². The van der Waals surface area contributed by atoms with Crippen LogP contribution in [0.1, 0.15) is 38.0 Å². The molecule has 1 aromatic heterocycles. The molecule has 0 radical (unpaired) electrons. The molecule has 7 heteroatoms. The zero-order valence-electron chi connectivity index (χ0n) is 12.5. The normalized spacial score (nSPS) is 14.1. The number of aliphatic hydroxyl groups excluding tert-OH is 1. The van der Waals surface area contributed by atoms with Gasteiger partial charge in [-0.2, -0.15) is 0 Å². The van der Waals surface area contributed by atoms with E-state index < -0.39 is 29.8 Å². The van der Waals surface area contributed by atoms with E-state index in [9.17, 15) is 19.8 Å². The first kappa shape index (κ1) is 16.9. The fourth-order valence-corrected chi connectivity index (χ4v) is 1.68. The number of hydrogen-bond acceptors (Lipinski definition) is 5. The van der Waals surface area contributed by atoms with Crippen molar-refractivity contribution in [3.8, 4) is 0 Å². The number of ether oxygens (including phenoxy) is 1. The lowest BCUT2D eigenvalue weighted by Crippen LogP contribution is -2.47. The highest BCUT2D eigenvalue weighted by atomic mass is 16.6. The van der Waals surface area contributed by atoms with E-state index in [0.717, 1.165) is 0 Å². The molecule has 0 saturated heterocycles. The van der Waals surface area contributed by atoms with Crippen molar-refractivity contribution in [2.45, 2.75) is 45.4 Å². The monoisotopic (exact) mass is 296 g/mol. The van der Waals surface area contributed by atoms with Gasteiger partial charge >= 0.3 is 12.1 Å². The molecule has 1 aromatic rings. The zero-order valence-corrected chi connectivity index (χ0v) is 12.5. The Labute approximate surface area is 123 Å². The van der Waals surface area contributed by atoms with Crippen molar-refractivity contribution in [1.82, 2.24) is 10.3 Å². The Morgan fingerprint density at radius 1 is 1.38 bits per heavy atom. The molecule has 0 aromatic carbocycles. The molecule has 0 fully saturated rings. The highest BCUT2D eigenvalue weighted by Crippen LogP contribution is 2.20. The van der Waals surface area contributed by atoms with Gasteiger partial charge in [-0.15, -0.1) is 0 Å². The second kappa shape index (κ2) is 6.53. The van der Waals surface area contributed by atoms with Gasteiger partial charge in [0, 0.05) is 18.0 Å². The summed E-state index contributed by atoms with van der Waals surface area (Å²) in [6.45, 7) is 6.69. The van der Waals surface area contributed by atoms with Crippen LogP contribution in [0, 0.1) is 6.92 Å². The number of carbonyl (C=O) groups excluding carboxylic acids is 1. The summed E-state index contributed by atoms with van der Waals surface area (Å²) in [7, 11) is 0. The van der Waals surface area contributed by atoms with Gasteiger partial charge in [0.25, 0.3) is 0 Å². The van der Waals surface area contributed by atoms with E-state index in [4.69, 9.17) is 4.74 Å². The van der Waals surface area contributed by atoms with E-state index in [2.05, 4.69) is 10.3 Å². The molecule has 0 aliphatic carbocycles. The Morgan fingerprint density at radius 2 is 2.00 bits per heavy atom. The minimum Gasteiger partial charge on any atom is -0.480 e. The lowest BCUT2D eigenvalue weighted by atomic mass is 10.0. The largest absolute Gasteiger partial charge is 0.480 e. The van der Waals surface area contributed by atoms with E-state index in [1.807, 2.05) is 0 Å². The Kier molecular flexibility index (Phi) is 5.26. The lowest BCUT2D eigenvalue weighted by Gasteiger charge is -2.24. The number of aromatic nitrogens is 1. The highest BCUT2D eigenvalue weighted by molar-refractivity contribution is 5.81. The molecule has 0 spiro atoms. The smallest absolute Gasteiger partial charge is 0.408 e. The molecule has 1 rings (SSSR count). The van der Waals surface area contributed by atoms with Crippen molar-refractivity contribution in [3.63, 3.8) is 0 Å². The Bertz CT molecular complexity index is 524. The molecule has 0 bridgehead atoms. The summed E-state index contributed by atoms with van der Waals surface area (Å²) in [5.41, 5.74) is 0.248. The van der Waals surface area contributed by atoms with Crippen LogP contribution < -0.4 is 5.32 Å². The van der Waals surface area contributed by atoms with Gasteiger partial charge in [0.2, 0.25) is 0 Å². The third-order valence-electron chi connectivity index (χ3n) is 2.65. The van der Waals surface area contributed by atoms with E-state index in [0.29, 0.717) is 11.1 Å². The van der Waals surface area contributed by atoms with Crippen molar-refractivity contribution in [2.75, 3.05) is 0 Å². The molecular weight excluding hydrogens is 276 g/mol. The molecule has 2 atom stereocenters. The number of carboxylic acid groups (broad SMARTS) is 1. The molecular formula is C14H20N2O5. The van der Waals surface area contributed by atoms with Gasteiger partial charge in [-0.25, -0.2) is 9.59 Å². The quantitative estimate of drug-likeness (QED) is 0.775. The number of aliphatic hydroxyl groups is 1. The van der Waals surface area contributed by atoms with Crippen LogP contribution in [-0.4, -0.2) is 38.9 Å². The maximum atomic E-state index is 11.7. The number of hydrogen-bond donors (Lipinski definition) is 3. The van der Waals surface area contributed by atoms with Crippen LogP contribution in [0.25, 0.3) is 0 Å². The summed E-state index contributed by atoms with van der Waals surface area (Å²) in [4.78, 5) is 26.8. The van der Waals surface area contributed by atoms with Gasteiger partial charge in [0.15, 0.2) is 6.04 Å². The summed E-state index contributed by atoms with van der Waals surface area (Å²) >= 11 is 0. The second-order valence-corrected chi connectivity index (χ2v) is 5.64. The molecule has 7 nitrogen and oxygen atoms in total. The van der Waals surface area contributed by atoms with Crippen LogP contribution in [0.3, 0.4) is 0 Å². The van der Waals surface area contributed by atoms with Gasteiger partial charge in [-0.05, 0) is 39.3 Å². The topological polar surface area (TPSA) is 109 Å². The molecule has 1 amide bonds. The maximum absolute atomic E-state index is 11.7. The minimum atomic E-state index is -1.53. The number of aliphatic carboxylic acids is 1. The van der Waals surface area contributed by atoms with E-state index in [1.54, 1.807) is 33.8 Å². The molecule has 21 heavy (non-hydrogen) atoms. The van der Waals surface area contributed by atoms with Crippen LogP contribution >= 0.6 is 0 Å². The number of amides is 1. The molecule has 0 aliphatic heterocycles. The third kappa shape index (κ3) is 5.03. The van der Waals surface area contributed by atoms with E-state index >= 15 is 0 Å². The van der Waals surface area contributed by atoms with Gasteiger partial charge in [-0.1, -0.05) is 0 Å². The van der Waals surface area contributed by atoms with Gasteiger partial charge in [0.05, 0.1) is 0 Å². The SMILES string of the molecule is Cc1ccncc1[C@H](O)[C@@H](NC(=O)OC(C)(C)C)C(=O)O. The fourth-order valence-electron chi connectivity index (χ4n) is 1.68. The number of nitrogens with one attached hydrogen (secondary N) is 1. The van der Waals surface area contributed by atoms with Crippen LogP contribution in [0.5, 0.6) is 0 Å². The summed E-state index contributed by atoms with van der Waals surface area (Å²) in [6, 6.07) is 0.119. The Hall–Kier alpha value is -2.15. The summed E-state index contributed by atoms with van der Waals surface area (Å²) < 4.78 is 4.99. The molecule has 116 valence electrons. The molecule has 0 saturated carbocycles. The second-order valence-electron chi connectivity index (χ2n) is 5.64. The number of rotatable bonds is 4. The number of carbonyl (C=O) groups is 2. The average Bonchev–Trinajstić information content (AvgIpc) is 2.33. The molecule has 3 N–H and O–H groups in total. The van der Waals surface area contributed by atoms with Crippen molar-refractivity contribution in [3.05, 3.63) is 29.6 Å². The van der Waals surface area contributed by atoms with E-state index in [-0.39, 0.29) is 0 Å². The fraction of sp³-hybridized carbons (Fsp3) is 0.500. The van der Waals surface area contributed by atoms with E-state index in [1.165, 1.54) is 12.4 Å². The van der Waals surface area contributed by atoms with Crippen LogP contribution in [0.2, 0.25) is 0 Å². The number of nitrogens with zero attached hydrogens (tertiary/aromatic N) is 1. The Morgan fingerprint density at radius 3 is 2.48 bits per heavy atom. The summed E-state index contributed by atoms with van der Waals surface area (Å²) in [5, 5.41) is 21.5. The standard InChI is InChI=1S/C14H20N2O5/c1-8-5-6-15-7-9(8)11(17)10(12(18)19)16-13(20)21-14(2,3)4/h5-7,10-11,17H,1-4H3,(H,16,20)(H,18,19)/t10-,11+/m1/s1. The molecule has 0 unspecified atom stereocenters. The molecule has 1 heterocycles. The van der Waals surface area contributed by atoms with Gasteiger partial charge in [-0.3, -0.25) is 4.98 Å². The Balaban J connectivity index is 2.90. The number of pyridine rings is 1. The van der Waals surface area contributed by atoms with Crippen LogP contribution in [0.4, 0.5) is 4.79 Å². The van der Waals surface area contributed by atoms with Crippen molar-refractivity contribution in [2.24, 2.45) is 0 Å². The zero-order chi connectivity index (χ0) is 16.2. The number of aryl methyl sites for hydroxylation is 1. The first-order valence-electron chi connectivity index (χ1n) is 6.42. The van der Waals surface area contributed by atoms with Crippen LogP contribution in [0.15, 0.2) is 18.5 Å². The third-order valence-corrected chi connectivity index (χ3v) is 2.65. The molecule has 0 aliphatic rings. The predicted molar refractivity (Wildman–Crippen MR) is 74.7 cm³/mol. The lowest BCUT2D eigenvalue weighted by molar-refractivity contribution is -0.142. The first-order valence-corrected chi connectivity index (χ1v) is 6.42. The maximum Gasteiger partial charge on any atom is 0.408 e. The average molecular weight is 296 g/mol. The van der Waals surface area contributed by atoms with Gasteiger partial charge < -0.3 is 20.3 Å². The number of carboxylic acids is 1. The number of alkyl carbamates (subject to hydrolysis) is 1. The highest BCUT2D eigenvalue weighted by Gasteiger charge is 2.32. The van der Waals surface area contributed by atoms with Gasteiger partial charge in [0.1, 0.15) is 11.7 Å². The van der Waals surface area contributed by atoms with Crippen molar-refractivity contribution in [1.29, 1.82) is 0 Å². The minimum absolute atomic E-state index is 0.334. The predicted octanol–water partition coefficient (Wildman–Crippen LogP) is 1.40. The summed E-state index contributed by atoms with van der Waals surface area (Å²) in [6.07, 6.45) is 0.564. The van der Waals surface area contributed by atoms with Crippen molar-refractivity contribution < 1.29 is 24.5 Å².